The summed E-state index contributed by atoms with van der Waals surface area (Å²) in [5.74, 6) is 0.378. The Labute approximate surface area is 212 Å². The number of likely N-dealkylation sites (tertiary alicyclic amines) is 1. The molecule has 0 aliphatic carbocycles. The molecular weight excluding hydrogens is 460 g/mol. The maximum Gasteiger partial charge on any atom is 0.410 e. The molecule has 2 amide bonds. The number of carbonyl (C=O) groups is 3. The molecule has 2 N–H and O–H groups in total. The number of ether oxygens (including phenoxy) is 2. The van der Waals surface area contributed by atoms with Gasteiger partial charge in [0.1, 0.15) is 12.0 Å². The molecule has 0 radical (unpaired) electrons. The topological polar surface area (TPSA) is 121 Å². The molecule has 3 aliphatic rings. The molecule has 3 heterocycles. The fourth-order valence-electron chi connectivity index (χ4n) is 5.17. The van der Waals surface area contributed by atoms with Crippen LogP contribution in [0.4, 0.5) is 4.79 Å². The monoisotopic (exact) mass is 496 g/mol. The van der Waals surface area contributed by atoms with Gasteiger partial charge in [-0.2, -0.15) is 5.26 Å². The summed E-state index contributed by atoms with van der Waals surface area (Å²) in [7, 11) is 1.30. The highest BCUT2D eigenvalue weighted by Gasteiger charge is 2.45. The van der Waals surface area contributed by atoms with E-state index < -0.39 is 17.5 Å². The van der Waals surface area contributed by atoms with Crippen molar-refractivity contribution in [1.82, 2.24) is 15.5 Å². The summed E-state index contributed by atoms with van der Waals surface area (Å²) in [6.45, 7) is 7.26. The second-order valence-electron chi connectivity index (χ2n) is 9.96. The lowest BCUT2D eigenvalue weighted by atomic mass is 9.69. The zero-order valence-electron chi connectivity index (χ0n) is 21.3. The molecular formula is C27H36N4O5. The van der Waals surface area contributed by atoms with Crippen LogP contribution in [0.1, 0.15) is 38.7 Å². The summed E-state index contributed by atoms with van der Waals surface area (Å²) in [5.41, 5.74) is 0.401. The summed E-state index contributed by atoms with van der Waals surface area (Å²) in [6, 6.07) is 11.3. The number of rotatable bonds is 3. The van der Waals surface area contributed by atoms with Gasteiger partial charge in [-0.05, 0) is 56.7 Å². The van der Waals surface area contributed by atoms with Crippen molar-refractivity contribution in [3.05, 3.63) is 47.5 Å². The summed E-state index contributed by atoms with van der Waals surface area (Å²) >= 11 is 0. The number of nitrogens with one attached hydrogen (secondary N) is 2. The number of carbonyl (C=O) groups excluding carboxylic acids is 3. The third kappa shape index (κ3) is 6.05. The molecule has 3 unspecified atom stereocenters. The van der Waals surface area contributed by atoms with Crippen molar-refractivity contribution in [2.45, 2.75) is 39.7 Å². The number of fused-ring (bicyclic) bond motifs is 1. The van der Waals surface area contributed by atoms with E-state index in [2.05, 4.69) is 17.6 Å². The second-order valence-corrected chi connectivity index (χ2v) is 9.96. The number of methoxy groups -OCH3 is 1. The van der Waals surface area contributed by atoms with Gasteiger partial charge in [0, 0.05) is 32.3 Å². The highest BCUT2D eigenvalue weighted by atomic mass is 16.6. The van der Waals surface area contributed by atoms with Crippen LogP contribution in [-0.2, 0) is 25.7 Å². The Bertz CT molecular complexity index is 1020. The van der Waals surface area contributed by atoms with E-state index in [0.29, 0.717) is 24.5 Å². The SMILES string of the molecule is CC12CNCCC1CCNC2=O.COC(=O)C1(C)CN(C(=O)OCc2ccccc2)CC/C1=C\C#N. The van der Waals surface area contributed by atoms with Crippen molar-refractivity contribution in [1.29, 1.82) is 5.26 Å². The van der Waals surface area contributed by atoms with Gasteiger partial charge in [-0.1, -0.05) is 30.3 Å². The van der Waals surface area contributed by atoms with Crippen LogP contribution < -0.4 is 10.6 Å². The van der Waals surface area contributed by atoms with Crippen molar-refractivity contribution in [3.8, 4) is 6.07 Å². The van der Waals surface area contributed by atoms with Crippen molar-refractivity contribution >= 4 is 18.0 Å². The third-order valence-electron chi connectivity index (χ3n) is 7.56. The Balaban J connectivity index is 0.000000249. The Morgan fingerprint density at radius 3 is 2.61 bits per heavy atom. The zero-order chi connectivity index (χ0) is 26.2. The molecule has 9 nitrogen and oxygen atoms in total. The van der Waals surface area contributed by atoms with Crippen LogP contribution in [0.2, 0.25) is 0 Å². The fraction of sp³-hybridized carbons (Fsp3) is 0.556. The van der Waals surface area contributed by atoms with E-state index in [1.54, 1.807) is 6.92 Å². The minimum absolute atomic E-state index is 0.126. The average molecular weight is 497 g/mol. The van der Waals surface area contributed by atoms with Crippen molar-refractivity contribution in [2.75, 3.05) is 39.8 Å². The molecule has 4 rings (SSSR count). The summed E-state index contributed by atoms with van der Waals surface area (Å²) in [6.07, 6.45) is 3.63. The van der Waals surface area contributed by atoms with Gasteiger partial charge in [-0.25, -0.2) is 4.79 Å². The van der Waals surface area contributed by atoms with Gasteiger partial charge in [-0.3, -0.25) is 9.59 Å². The molecule has 3 fully saturated rings. The molecule has 1 aromatic carbocycles. The highest BCUT2D eigenvalue weighted by molar-refractivity contribution is 5.84. The molecule has 3 saturated heterocycles. The second kappa shape index (κ2) is 12.0. The van der Waals surface area contributed by atoms with Crippen LogP contribution in [0.25, 0.3) is 0 Å². The van der Waals surface area contributed by atoms with Crippen LogP contribution in [0.5, 0.6) is 0 Å². The van der Waals surface area contributed by atoms with Gasteiger partial charge < -0.3 is 25.0 Å². The number of hydrogen-bond donors (Lipinski definition) is 2. The van der Waals surface area contributed by atoms with Gasteiger partial charge in [0.25, 0.3) is 0 Å². The predicted molar refractivity (Wildman–Crippen MR) is 133 cm³/mol. The lowest BCUT2D eigenvalue weighted by Crippen LogP contribution is -2.57. The Morgan fingerprint density at radius 1 is 1.22 bits per heavy atom. The number of hydrogen-bond acceptors (Lipinski definition) is 7. The molecule has 3 atom stereocenters. The standard InChI is InChI=1S/C18H20N2O4.C9H16N2O/c1-18(16(21)23-2)13-20(11-9-15(18)8-10-19)17(22)24-12-14-6-4-3-5-7-14;1-9-6-10-4-2-7(9)3-5-11-8(9)12/h3-8H,9,11-13H2,1-2H3;7,10H,2-6H2,1H3,(H,11,12)/b15-8+;. The van der Waals surface area contributed by atoms with E-state index >= 15 is 0 Å². The van der Waals surface area contributed by atoms with Crippen LogP contribution in [0, 0.1) is 28.1 Å². The van der Waals surface area contributed by atoms with Crippen LogP contribution in [-0.4, -0.2) is 62.7 Å². The molecule has 0 spiro atoms. The number of esters is 1. The number of nitriles is 1. The lowest BCUT2D eigenvalue weighted by molar-refractivity contribution is -0.151. The molecule has 194 valence electrons. The molecule has 9 heteroatoms. The number of benzene rings is 1. The average Bonchev–Trinajstić information content (AvgIpc) is 2.89. The first kappa shape index (κ1) is 27.2. The van der Waals surface area contributed by atoms with Gasteiger partial charge in [-0.15, -0.1) is 0 Å². The fourth-order valence-corrected chi connectivity index (χ4v) is 5.17. The van der Waals surface area contributed by atoms with Crippen molar-refractivity contribution in [3.63, 3.8) is 0 Å². The normalized spacial score (nSPS) is 28.5. The van der Waals surface area contributed by atoms with Gasteiger partial charge in [0.05, 0.1) is 18.6 Å². The van der Waals surface area contributed by atoms with E-state index in [9.17, 15) is 14.4 Å². The Morgan fingerprint density at radius 2 is 1.94 bits per heavy atom. The van der Waals surface area contributed by atoms with Gasteiger partial charge in [0.2, 0.25) is 5.91 Å². The molecule has 0 aromatic heterocycles. The number of nitrogens with zero attached hydrogens (tertiary/aromatic N) is 2. The quantitative estimate of drug-likeness (QED) is 0.488. The third-order valence-corrected chi connectivity index (χ3v) is 7.56. The van der Waals surface area contributed by atoms with Crippen molar-refractivity contribution < 1.29 is 23.9 Å². The van der Waals surface area contributed by atoms with E-state index in [1.807, 2.05) is 36.4 Å². The Kier molecular flexibility index (Phi) is 9.10. The number of amides is 2. The minimum Gasteiger partial charge on any atom is -0.468 e. The summed E-state index contributed by atoms with van der Waals surface area (Å²) in [5, 5.41) is 15.1. The molecule has 0 saturated carbocycles. The van der Waals surface area contributed by atoms with Crippen LogP contribution in [0.3, 0.4) is 0 Å². The first-order valence-corrected chi connectivity index (χ1v) is 12.4. The number of piperidine rings is 3. The van der Waals surface area contributed by atoms with Gasteiger partial charge in [0.15, 0.2) is 0 Å². The van der Waals surface area contributed by atoms with Crippen molar-refractivity contribution in [2.24, 2.45) is 16.7 Å². The first-order chi connectivity index (χ1) is 17.2. The Hall–Kier alpha value is -3.38. The van der Waals surface area contributed by atoms with E-state index in [1.165, 1.54) is 18.1 Å². The highest BCUT2D eigenvalue weighted by Crippen LogP contribution is 2.37. The lowest BCUT2D eigenvalue weighted by Gasteiger charge is -2.43. The largest absolute Gasteiger partial charge is 0.468 e. The maximum absolute atomic E-state index is 12.3. The van der Waals surface area contributed by atoms with E-state index in [-0.39, 0.29) is 24.5 Å². The van der Waals surface area contributed by atoms with E-state index in [4.69, 9.17) is 14.7 Å². The molecule has 0 bridgehead atoms. The molecule has 3 aliphatic heterocycles. The summed E-state index contributed by atoms with van der Waals surface area (Å²) < 4.78 is 10.2. The predicted octanol–water partition coefficient (Wildman–Crippen LogP) is 2.78. The smallest absolute Gasteiger partial charge is 0.410 e. The maximum atomic E-state index is 12.3. The summed E-state index contributed by atoms with van der Waals surface area (Å²) in [4.78, 5) is 37.6. The first-order valence-electron chi connectivity index (χ1n) is 12.4. The van der Waals surface area contributed by atoms with Crippen LogP contribution >= 0.6 is 0 Å². The molecule has 36 heavy (non-hydrogen) atoms. The number of allylic oxidation sites excluding steroid dienone is 1. The van der Waals surface area contributed by atoms with E-state index in [0.717, 1.165) is 38.0 Å². The van der Waals surface area contributed by atoms with Gasteiger partial charge >= 0.3 is 12.1 Å². The van der Waals surface area contributed by atoms with Crippen LogP contribution in [0.15, 0.2) is 42.0 Å². The minimum atomic E-state index is -1.03. The zero-order valence-corrected chi connectivity index (χ0v) is 21.3. The molecule has 1 aromatic rings.